The van der Waals surface area contributed by atoms with E-state index in [0.717, 1.165) is 17.4 Å². The van der Waals surface area contributed by atoms with Gasteiger partial charge in [0.1, 0.15) is 0 Å². The molecule has 0 aromatic heterocycles. The second kappa shape index (κ2) is 4.87. The number of hydrogen-bond donors (Lipinski definition) is 1. The Balaban J connectivity index is 1.88. The van der Waals surface area contributed by atoms with Gasteiger partial charge in [0.05, 0.1) is 0 Å². The fourth-order valence-corrected chi connectivity index (χ4v) is 3.05. The summed E-state index contributed by atoms with van der Waals surface area (Å²) >= 11 is 3.56. The van der Waals surface area contributed by atoms with Gasteiger partial charge in [-0.15, -0.1) is 0 Å². The third kappa shape index (κ3) is 2.23. The van der Waals surface area contributed by atoms with E-state index in [1.165, 1.54) is 22.3 Å². The van der Waals surface area contributed by atoms with Gasteiger partial charge in [0.2, 0.25) is 0 Å². The van der Waals surface area contributed by atoms with Crippen molar-refractivity contribution in [1.29, 1.82) is 0 Å². The van der Waals surface area contributed by atoms with Crippen molar-refractivity contribution < 1.29 is 0 Å². The number of rotatable bonds is 2. The van der Waals surface area contributed by atoms with Crippen LogP contribution in [0.3, 0.4) is 0 Å². The Hall–Kier alpha value is -1.12. The summed E-state index contributed by atoms with van der Waals surface area (Å²) in [5.41, 5.74) is 5.68. The summed E-state index contributed by atoms with van der Waals surface area (Å²) in [5, 5.41) is 3.60. The van der Waals surface area contributed by atoms with Crippen LogP contribution < -0.4 is 5.32 Å². The summed E-state index contributed by atoms with van der Waals surface area (Å²) in [6, 6.07) is 15.7. The summed E-state index contributed by atoms with van der Waals surface area (Å²) in [5.74, 6) is 0. The largest absolute Gasteiger partial charge is 0.306 e. The average molecular weight is 302 g/mol. The predicted octanol–water partition coefficient (Wildman–Crippen LogP) is 4.14. The molecule has 1 aliphatic heterocycles. The minimum atomic E-state index is 0.453. The molecule has 18 heavy (non-hydrogen) atoms. The molecule has 1 N–H and O–H groups in total. The molecule has 0 spiro atoms. The first kappa shape index (κ1) is 11.9. The highest BCUT2D eigenvalue weighted by molar-refractivity contribution is 9.10. The van der Waals surface area contributed by atoms with Crippen molar-refractivity contribution in [2.24, 2.45) is 0 Å². The summed E-state index contributed by atoms with van der Waals surface area (Å²) in [4.78, 5) is 0. The lowest BCUT2D eigenvalue weighted by atomic mass is 9.96. The van der Waals surface area contributed by atoms with Crippen LogP contribution in [0.15, 0.2) is 46.9 Å². The molecule has 1 atom stereocenters. The molecule has 0 saturated heterocycles. The highest BCUT2D eigenvalue weighted by Crippen LogP contribution is 2.29. The van der Waals surface area contributed by atoms with E-state index in [2.05, 4.69) is 70.6 Å². The second-order valence-electron chi connectivity index (χ2n) is 4.91. The Labute approximate surface area is 116 Å². The first-order valence-electron chi connectivity index (χ1n) is 6.30. The fraction of sp³-hybridized carbons (Fsp3) is 0.250. The zero-order valence-corrected chi connectivity index (χ0v) is 12.0. The summed E-state index contributed by atoms with van der Waals surface area (Å²) < 4.78 is 1.16. The normalized spacial score (nSPS) is 17.8. The van der Waals surface area contributed by atoms with E-state index in [0.29, 0.717) is 6.04 Å². The smallest absolute Gasteiger partial charge is 0.0367 e. The van der Waals surface area contributed by atoms with Crippen molar-refractivity contribution in [1.82, 2.24) is 5.32 Å². The van der Waals surface area contributed by atoms with Gasteiger partial charge in [-0.2, -0.15) is 0 Å². The van der Waals surface area contributed by atoms with Crippen molar-refractivity contribution >= 4 is 15.9 Å². The lowest BCUT2D eigenvalue weighted by Gasteiger charge is -2.14. The van der Waals surface area contributed by atoms with Crippen LogP contribution in [0.1, 0.15) is 28.3 Å². The third-order valence-electron chi connectivity index (χ3n) is 3.70. The number of halogens is 1. The van der Waals surface area contributed by atoms with Gasteiger partial charge in [-0.3, -0.25) is 0 Å². The Kier molecular flexibility index (Phi) is 3.23. The van der Waals surface area contributed by atoms with Gasteiger partial charge in [0.15, 0.2) is 0 Å². The van der Waals surface area contributed by atoms with Crippen molar-refractivity contribution in [3.8, 4) is 0 Å². The second-order valence-corrected chi connectivity index (χ2v) is 5.82. The van der Waals surface area contributed by atoms with Gasteiger partial charge < -0.3 is 5.32 Å². The first-order chi connectivity index (χ1) is 8.74. The lowest BCUT2D eigenvalue weighted by molar-refractivity contribution is 0.579. The molecule has 2 heteroatoms. The average Bonchev–Trinajstić information content (AvgIpc) is 2.78. The van der Waals surface area contributed by atoms with Gasteiger partial charge >= 0.3 is 0 Å². The van der Waals surface area contributed by atoms with E-state index >= 15 is 0 Å². The van der Waals surface area contributed by atoms with Crippen LogP contribution in [0.4, 0.5) is 0 Å². The van der Waals surface area contributed by atoms with Crippen molar-refractivity contribution in [3.63, 3.8) is 0 Å². The highest BCUT2D eigenvalue weighted by Gasteiger charge is 2.21. The summed E-state index contributed by atoms with van der Waals surface area (Å²) in [6.45, 7) is 3.18. The number of benzene rings is 2. The molecule has 1 unspecified atom stereocenters. The quantitative estimate of drug-likeness (QED) is 0.879. The van der Waals surface area contributed by atoms with Crippen molar-refractivity contribution in [3.05, 3.63) is 69.2 Å². The van der Waals surface area contributed by atoms with E-state index < -0.39 is 0 Å². The van der Waals surface area contributed by atoms with Gasteiger partial charge in [-0.25, -0.2) is 0 Å². The molecule has 3 rings (SSSR count). The van der Waals surface area contributed by atoms with E-state index in [1.54, 1.807) is 0 Å². The molecule has 1 nitrogen and oxygen atoms in total. The van der Waals surface area contributed by atoms with Gasteiger partial charge in [0, 0.05) is 17.1 Å². The number of hydrogen-bond acceptors (Lipinski definition) is 1. The molecular formula is C16H16BrN. The molecule has 0 bridgehead atoms. The Bertz CT molecular complexity index is 577. The minimum Gasteiger partial charge on any atom is -0.306 e. The fourth-order valence-electron chi connectivity index (χ4n) is 2.64. The molecule has 2 aromatic rings. The van der Waals surface area contributed by atoms with Crippen LogP contribution in [0.5, 0.6) is 0 Å². The SMILES string of the molecule is Cc1ccc(Br)cc1CC1NCc2ccccc21. The molecule has 1 heterocycles. The maximum absolute atomic E-state index is 3.60. The van der Waals surface area contributed by atoms with E-state index in [9.17, 15) is 0 Å². The third-order valence-corrected chi connectivity index (χ3v) is 4.20. The molecule has 0 radical (unpaired) electrons. The topological polar surface area (TPSA) is 12.0 Å². The molecular weight excluding hydrogens is 286 g/mol. The molecule has 2 aromatic carbocycles. The standard InChI is InChI=1S/C16H16BrN/c1-11-6-7-14(17)8-13(11)9-16-15-5-3-2-4-12(15)10-18-16/h2-8,16,18H,9-10H2,1H3. The Morgan fingerprint density at radius 3 is 2.94 bits per heavy atom. The highest BCUT2D eigenvalue weighted by atomic mass is 79.9. The van der Waals surface area contributed by atoms with Crippen LogP contribution in [-0.4, -0.2) is 0 Å². The molecule has 1 aliphatic rings. The minimum absolute atomic E-state index is 0.453. The molecule has 92 valence electrons. The number of aryl methyl sites for hydroxylation is 1. The van der Waals surface area contributed by atoms with Crippen LogP contribution in [-0.2, 0) is 13.0 Å². The van der Waals surface area contributed by atoms with Crippen molar-refractivity contribution in [2.45, 2.75) is 25.9 Å². The number of nitrogens with one attached hydrogen (secondary N) is 1. The lowest BCUT2D eigenvalue weighted by Crippen LogP contribution is -2.15. The monoisotopic (exact) mass is 301 g/mol. The van der Waals surface area contributed by atoms with E-state index in [4.69, 9.17) is 0 Å². The first-order valence-corrected chi connectivity index (χ1v) is 7.09. The Morgan fingerprint density at radius 1 is 1.22 bits per heavy atom. The van der Waals surface area contributed by atoms with Gasteiger partial charge in [0.25, 0.3) is 0 Å². The van der Waals surface area contributed by atoms with Gasteiger partial charge in [-0.1, -0.05) is 46.3 Å². The molecule has 0 aliphatic carbocycles. The predicted molar refractivity (Wildman–Crippen MR) is 78.6 cm³/mol. The number of fused-ring (bicyclic) bond motifs is 1. The van der Waals surface area contributed by atoms with Crippen LogP contribution >= 0.6 is 15.9 Å². The van der Waals surface area contributed by atoms with Gasteiger partial charge in [-0.05, 0) is 47.7 Å². The molecule has 0 amide bonds. The van der Waals surface area contributed by atoms with Crippen LogP contribution in [0, 0.1) is 6.92 Å². The summed E-state index contributed by atoms with van der Waals surface area (Å²) in [6.07, 6.45) is 1.06. The summed E-state index contributed by atoms with van der Waals surface area (Å²) in [7, 11) is 0. The van der Waals surface area contributed by atoms with Crippen LogP contribution in [0.2, 0.25) is 0 Å². The van der Waals surface area contributed by atoms with Crippen molar-refractivity contribution in [2.75, 3.05) is 0 Å². The zero-order valence-electron chi connectivity index (χ0n) is 10.4. The maximum Gasteiger partial charge on any atom is 0.0367 e. The van der Waals surface area contributed by atoms with E-state index in [1.807, 2.05) is 0 Å². The van der Waals surface area contributed by atoms with Crippen LogP contribution in [0.25, 0.3) is 0 Å². The Morgan fingerprint density at radius 2 is 2.06 bits per heavy atom. The molecule has 0 saturated carbocycles. The maximum atomic E-state index is 3.60. The van der Waals surface area contributed by atoms with E-state index in [-0.39, 0.29) is 0 Å². The molecule has 0 fully saturated rings. The zero-order chi connectivity index (χ0) is 12.5.